The summed E-state index contributed by atoms with van der Waals surface area (Å²) in [6, 6.07) is 13.4. The fourth-order valence-electron chi connectivity index (χ4n) is 2.07. The number of methoxy groups -OCH3 is 2. The van der Waals surface area contributed by atoms with Crippen LogP contribution in [-0.4, -0.2) is 30.4 Å². The summed E-state index contributed by atoms with van der Waals surface area (Å²) in [5.74, 6) is 1.94. The SMILES string of the molecule is COc1ccc(C=Nc2nc3ccccc3[nH]2)cc1OC. The van der Waals surface area contributed by atoms with Crippen molar-refractivity contribution in [3.05, 3.63) is 48.0 Å². The molecular weight excluding hydrogens is 266 g/mol. The Hall–Kier alpha value is -2.82. The smallest absolute Gasteiger partial charge is 0.227 e. The first-order valence-corrected chi connectivity index (χ1v) is 6.51. The minimum absolute atomic E-state index is 0.575. The standard InChI is InChI=1S/C16H15N3O2/c1-20-14-8-7-11(9-15(14)21-2)10-17-16-18-12-5-3-4-6-13(12)19-16/h3-10H,1-2H3,(H,18,19). The maximum atomic E-state index is 5.27. The minimum Gasteiger partial charge on any atom is -0.493 e. The second-order valence-electron chi connectivity index (χ2n) is 4.45. The lowest BCUT2D eigenvalue weighted by Gasteiger charge is -2.07. The molecule has 1 heterocycles. The van der Waals surface area contributed by atoms with Gasteiger partial charge in [0.05, 0.1) is 25.3 Å². The Morgan fingerprint density at radius 1 is 1.05 bits per heavy atom. The monoisotopic (exact) mass is 281 g/mol. The van der Waals surface area contributed by atoms with E-state index in [1.807, 2.05) is 42.5 Å². The van der Waals surface area contributed by atoms with Crippen molar-refractivity contribution in [3.8, 4) is 11.5 Å². The minimum atomic E-state index is 0.575. The van der Waals surface area contributed by atoms with E-state index in [0.717, 1.165) is 16.6 Å². The predicted octanol–water partition coefficient (Wildman–Crippen LogP) is 3.33. The molecule has 0 fully saturated rings. The molecule has 0 radical (unpaired) electrons. The van der Waals surface area contributed by atoms with E-state index in [4.69, 9.17) is 9.47 Å². The van der Waals surface area contributed by atoms with Crippen LogP contribution in [0.2, 0.25) is 0 Å². The molecule has 1 N–H and O–H groups in total. The van der Waals surface area contributed by atoms with E-state index in [2.05, 4.69) is 15.0 Å². The second kappa shape index (κ2) is 5.66. The molecule has 0 amide bonds. The van der Waals surface area contributed by atoms with E-state index in [-0.39, 0.29) is 0 Å². The van der Waals surface area contributed by atoms with Gasteiger partial charge in [0.1, 0.15) is 0 Å². The lowest BCUT2D eigenvalue weighted by atomic mass is 10.2. The molecule has 5 heteroatoms. The Labute approximate surface area is 122 Å². The average molecular weight is 281 g/mol. The first-order valence-electron chi connectivity index (χ1n) is 6.51. The average Bonchev–Trinajstić information content (AvgIpc) is 2.95. The van der Waals surface area contributed by atoms with Gasteiger partial charge in [-0.25, -0.2) is 9.98 Å². The van der Waals surface area contributed by atoms with Gasteiger partial charge in [0.25, 0.3) is 0 Å². The fourth-order valence-corrected chi connectivity index (χ4v) is 2.07. The molecule has 0 bridgehead atoms. The summed E-state index contributed by atoms with van der Waals surface area (Å²) in [7, 11) is 3.22. The van der Waals surface area contributed by atoms with Crippen molar-refractivity contribution in [1.29, 1.82) is 0 Å². The number of fused-ring (bicyclic) bond motifs is 1. The van der Waals surface area contributed by atoms with Gasteiger partial charge in [0, 0.05) is 6.21 Å². The molecule has 0 aliphatic heterocycles. The highest BCUT2D eigenvalue weighted by atomic mass is 16.5. The van der Waals surface area contributed by atoms with E-state index in [9.17, 15) is 0 Å². The molecule has 0 saturated carbocycles. The van der Waals surface area contributed by atoms with Crippen LogP contribution in [0.4, 0.5) is 5.95 Å². The highest BCUT2D eigenvalue weighted by Gasteiger charge is 2.03. The topological polar surface area (TPSA) is 59.5 Å². The number of benzene rings is 2. The zero-order valence-corrected chi connectivity index (χ0v) is 11.8. The van der Waals surface area contributed by atoms with Crippen LogP contribution in [0.5, 0.6) is 11.5 Å². The Morgan fingerprint density at radius 2 is 1.86 bits per heavy atom. The molecule has 106 valence electrons. The van der Waals surface area contributed by atoms with Crippen LogP contribution >= 0.6 is 0 Å². The van der Waals surface area contributed by atoms with Crippen molar-refractivity contribution in [2.45, 2.75) is 0 Å². The normalized spacial score (nSPS) is 11.1. The van der Waals surface area contributed by atoms with Crippen LogP contribution in [0, 0.1) is 0 Å². The van der Waals surface area contributed by atoms with Crippen LogP contribution < -0.4 is 9.47 Å². The van der Waals surface area contributed by atoms with Crippen LogP contribution in [-0.2, 0) is 0 Å². The van der Waals surface area contributed by atoms with Gasteiger partial charge in [0.2, 0.25) is 5.95 Å². The van der Waals surface area contributed by atoms with Crippen molar-refractivity contribution in [2.24, 2.45) is 4.99 Å². The lowest BCUT2D eigenvalue weighted by molar-refractivity contribution is 0.355. The number of ether oxygens (including phenoxy) is 2. The van der Waals surface area contributed by atoms with E-state index in [0.29, 0.717) is 17.4 Å². The molecule has 0 aliphatic rings. The zero-order valence-electron chi connectivity index (χ0n) is 11.8. The van der Waals surface area contributed by atoms with Gasteiger partial charge in [0.15, 0.2) is 11.5 Å². The van der Waals surface area contributed by atoms with Crippen molar-refractivity contribution >= 4 is 23.2 Å². The number of aromatic amines is 1. The Balaban J connectivity index is 1.88. The highest BCUT2D eigenvalue weighted by Crippen LogP contribution is 2.27. The molecule has 1 aromatic heterocycles. The predicted molar refractivity (Wildman–Crippen MR) is 82.9 cm³/mol. The molecule has 3 rings (SSSR count). The van der Waals surface area contributed by atoms with E-state index < -0.39 is 0 Å². The first kappa shape index (κ1) is 13.2. The molecule has 0 atom stereocenters. The first-order chi connectivity index (χ1) is 10.3. The molecule has 0 unspecified atom stereocenters. The Morgan fingerprint density at radius 3 is 2.62 bits per heavy atom. The summed E-state index contributed by atoms with van der Waals surface area (Å²) in [6.45, 7) is 0. The summed E-state index contributed by atoms with van der Waals surface area (Å²) in [5.41, 5.74) is 2.78. The fraction of sp³-hybridized carbons (Fsp3) is 0.125. The number of imidazole rings is 1. The third-order valence-corrected chi connectivity index (χ3v) is 3.12. The molecule has 21 heavy (non-hydrogen) atoms. The molecular formula is C16H15N3O2. The molecule has 3 aromatic rings. The van der Waals surface area contributed by atoms with Crippen LogP contribution in [0.25, 0.3) is 11.0 Å². The van der Waals surface area contributed by atoms with Gasteiger partial charge in [-0.1, -0.05) is 12.1 Å². The third-order valence-electron chi connectivity index (χ3n) is 3.12. The Bertz CT molecular complexity index is 760. The summed E-state index contributed by atoms with van der Waals surface area (Å²) >= 11 is 0. The van der Waals surface area contributed by atoms with Gasteiger partial charge in [-0.3, -0.25) is 0 Å². The van der Waals surface area contributed by atoms with E-state index in [1.54, 1.807) is 20.4 Å². The van der Waals surface area contributed by atoms with Gasteiger partial charge >= 0.3 is 0 Å². The summed E-state index contributed by atoms with van der Waals surface area (Å²) in [6.07, 6.45) is 1.74. The van der Waals surface area contributed by atoms with Gasteiger partial charge < -0.3 is 14.5 Å². The molecule has 0 spiro atoms. The second-order valence-corrected chi connectivity index (χ2v) is 4.45. The van der Waals surface area contributed by atoms with Crippen LogP contribution in [0.15, 0.2) is 47.5 Å². The maximum Gasteiger partial charge on any atom is 0.227 e. The zero-order chi connectivity index (χ0) is 14.7. The highest BCUT2D eigenvalue weighted by molar-refractivity contribution is 5.84. The molecule has 0 saturated heterocycles. The molecule has 0 aliphatic carbocycles. The molecule has 5 nitrogen and oxygen atoms in total. The third kappa shape index (κ3) is 2.72. The lowest BCUT2D eigenvalue weighted by Crippen LogP contribution is -1.92. The van der Waals surface area contributed by atoms with Crippen LogP contribution in [0.1, 0.15) is 5.56 Å². The van der Waals surface area contributed by atoms with Gasteiger partial charge in [-0.05, 0) is 35.9 Å². The number of aromatic nitrogens is 2. The summed E-state index contributed by atoms with van der Waals surface area (Å²) in [5, 5.41) is 0. The quantitative estimate of drug-likeness (QED) is 0.746. The van der Waals surface area contributed by atoms with Gasteiger partial charge in [-0.2, -0.15) is 0 Å². The van der Waals surface area contributed by atoms with Crippen molar-refractivity contribution < 1.29 is 9.47 Å². The number of nitrogens with one attached hydrogen (secondary N) is 1. The van der Waals surface area contributed by atoms with Crippen molar-refractivity contribution in [3.63, 3.8) is 0 Å². The number of hydrogen-bond acceptors (Lipinski definition) is 4. The number of para-hydroxylation sites is 2. The number of aliphatic imine (C=N–C) groups is 1. The molecule has 2 aromatic carbocycles. The largest absolute Gasteiger partial charge is 0.493 e. The van der Waals surface area contributed by atoms with Gasteiger partial charge in [-0.15, -0.1) is 0 Å². The summed E-state index contributed by atoms with van der Waals surface area (Å²) in [4.78, 5) is 11.9. The Kier molecular flexibility index (Phi) is 3.55. The number of nitrogens with zero attached hydrogens (tertiary/aromatic N) is 2. The summed E-state index contributed by atoms with van der Waals surface area (Å²) < 4.78 is 10.5. The van der Waals surface area contributed by atoms with Crippen molar-refractivity contribution in [2.75, 3.05) is 14.2 Å². The number of H-pyrrole nitrogens is 1. The number of hydrogen-bond donors (Lipinski definition) is 1. The number of rotatable bonds is 4. The van der Waals surface area contributed by atoms with Crippen LogP contribution in [0.3, 0.4) is 0 Å². The van der Waals surface area contributed by atoms with E-state index >= 15 is 0 Å². The van der Waals surface area contributed by atoms with Crippen molar-refractivity contribution in [1.82, 2.24) is 9.97 Å². The maximum absolute atomic E-state index is 5.27. The van der Waals surface area contributed by atoms with E-state index in [1.165, 1.54) is 0 Å².